The molecule has 4 rings (SSSR count). The number of halogens is 4. The average molecular weight is 484 g/mol. The van der Waals surface area contributed by atoms with Crippen molar-refractivity contribution in [3.05, 3.63) is 89.1 Å². The Hall–Kier alpha value is -3.81. The van der Waals surface area contributed by atoms with Gasteiger partial charge in [0.2, 0.25) is 0 Å². The summed E-state index contributed by atoms with van der Waals surface area (Å²) < 4.78 is 63.7. The summed E-state index contributed by atoms with van der Waals surface area (Å²) in [5, 5.41) is 0.578. The molecular weight excluding hydrogens is 460 g/mol. The van der Waals surface area contributed by atoms with Crippen LogP contribution in [0.4, 0.5) is 22.4 Å². The quantitative estimate of drug-likeness (QED) is 0.275. The van der Waals surface area contributed by atoms with Crippen LogP contribution in [0.2, 0.25) is 0 Å². The van der Waals surface area contributed by atoms with Crippen molar-refractivity contribution in [1.82, 2.24) is 9.47 Å². The van der Waals surface area contributed by atoms with Crippen LogP contribution in [-0.4, -0.2) is 28.6 Å². The minimum absolute atomic E-state index is 0.0440. The molecule has 0 N–H and O–H groups in total. The lowest BCUT2D eigenvalue weighted by Crippen LogP contribution is -2.33. The number of rotatable bonds is 6. The number of carbonyl (C=O) groups excluding carboxylic acids is 1. The van der Waals surface area contributed by atoms with Gasteiger partial charge in [0.05, 0.1) is 6.54 Å². The first kappa shape index (κ1) is 24.3. The van der Waals surface area contributed by atoms with E-state index in [2.05, 4.69) is 0 Å². The number of ether oxygens (including phenoxy) is 1. The summed E-state index contributed by atoms with van der Waals surface area (Å²) in [6, 6.07) is 11.4. The Morgan fingerprint density at radius 3 is 2.34 bits per heavy atom. The fourth-order valence-electron chi connectivity index (χ4n) is 4.06. The molecule has 0 saturated heterocycles. The third kappa shape index (κ3) is 4.60. The monoisotopic (exact) mass is 484 g/mol. The van der Waals surface area contributed by atoms with Gasteiger partial charge < -0.3 is 14.2 Å². The standard InChI is InChI=1S/C27H24F4N2O2/c1-4-32(5-2)27(34)35-23-11-10-22-19(24(23)17-8-9-20(28)21(29)14-17)12-13-33(22)15-18-7-6-16(3)25(30)26(18)31/h6-14H,4-5,15H2,1-3H3. The Bertz CT molecular complexity index is 1410. The van der Waals surface area contributed by atoms with Crippen LogP contribution < -0.4 is 4.74 Å². The molecule has 0 saturated carbocycles. The first-order valence-corrected chi connectivity index (χ1v) is 11.2. The third-order valence-electron chi connectivity index (χ3n) is 6.04. The largest absolute Gasteiger partial charge is 0.415 e. The number of hydrogen-bond donors (Lipinski definition) is 0. The molecule has 4 aromatic rings. The van der Waals surface area contributed by atoms with Gasteiger partial charge in [0.25, 0.3) is 0 Å². The first-order chi connectivity index (χ1) is 16.7. The van der Waals surface area contributed by atoms with Gasteiger partial charge in [-0.15, -0.1) is 0 Å². The number of amides is 1. The number of carbonyl (C=O) groups is 1. The Kier molecular flexibility index (Phi) is 6.82. The van der Waals surface area contributed by atoms with Crippen LogP contribution in [0.5, 0.6) is 5.75 Å². The highest BCUT2D eigenvalue weighted by molar-refractivity contribution is 5.99. The summed E-state index contributed by atoms with van der Waals surface area (Å²) in [6.07, 6.45) is 1.11. The van der Waals surface area contributed by atoms with E-state index in [1.807, 2.05) is 13.8 Å². The van der Waals surface area contributed by atoms with Crippen LogP contribution in [0.1, 0.15) is 25.0 Å². The Balaban J connectivity index is 1.84. The minimum atomic E-state index is -1.04. The van der Waals surface area contributed by atoms with Gasteiger partial charge in [-0.1, -0.05) is 18.2 Å². The maximum Gasteiger partial charge on any atom is 0.415 e. The van der Waals surface area contributed by atoms with Crippen molar-refractivity contribution < 1.29 is 27.1 Å². The van der Waals surface area contributed by atoms with Crippen molar-refractivity contribution in [3.8, 4) is 16.9 Å². The van der Waals surface area contributed by atoms with Crippen molar-refractivity contribution >= 4 is 17.0 Å². The molecule has 0 aliphatic heterocycles. The van der Waals surface area contributed by atoms with Crippen LogP contribution in [-0.2, 0) is 6.54 Å². The normalized spacial score (nSPS) is 11.2. The number of benzene rings is 3. The van der Waals surface area contributed by atoms with E-state index in [0.717, 1.165) is 12.1 Å². The summed E-state index contributed by atoms with van der Waals surface area (Å²) in [5.41, 5.74) is 1.69. The van der Waals surface area contributed by atoms with E-state index in [0.29, 0.717) is 35.1 Å². The van der Waals surface area contributed by atoms with E-state index < -0.39 is 29.4 Å². The molecule has 0 aliphatic rings. The van der Waals surface area contributed by atoms with Gasteiger partial charge in [-0.05, 0) is 62.2 Å². The molecule has 0 unspecified atom stereocenters. The molecule has 1 amide bonds. The predicted molar refractivity (Wildman–Crippen MR) is 126 cm³/mol. The summed E-state index contributed by atoms with van der Waals surface area (Å²) in [4.78, 5) is 14.1. The second kappa shape index (κ2) is 9.82. The van der Waals surface area contributed by atoms with Gasteiger partial charge in [-0.3, -0.25) is 0 Å². The first-order valence-electron chi connectivity index (χ1n) is 11.2. The third-order valence-corrected chi connectivity index (χ3v) is 6.04. The molecule has 3 aromatic carbocycles. The zero-order chi connectivity index (χ0) is 25.3. The number of aryl methyl sites for hydroxylation is 1. The lowest BCUT2D eigenvalue weighted by molar-refractivity contribution is 0.157. The summed E-state index contributed by atoms with van der Waals surface area (Å²) >= 11 is 0. The van der Waals surface area contributed by atoms with Gasteiger partial charge in [0.1, 0.15) is 5.75 Å². The molecule has 182 valence electrons. The summed E-state index contributed by atoms with van der Waals surface area (Å²) in [6.45, 7) is 6.04. The van der Waals surface area contributed by atoms with Gasteiger partial charge in [-0.25, -0.2) is 22.4 Å². The number of nitrogens with zero attached hydrogens (tertiary/aromatic N) is 2. The highest BCUT2D eigenvalue weighted by Crippen LogP contribution is 2.39. The molecule has 0 spiro atoms. The fourth-order valence-corrected chi connectivity index (χ4v) is 4.06. The molecule has 1 heterocycles. The second-order valence-corrected chi connectivity index (χ2v) is 8.15. The van der Waals surface area contributed by atoms with Crippen LogP contribution in [0.15, 0.2) is 54.7 Å². The molecule has 1 aromatic heterocycles. The van der Waals surface area contributed by atoms with Gasteiger partial charge >= 0.3 is 6.09 Å². The molecule has 8 heteroatoms. The Morgan fingerprint density at radius 1 is 0.914 bits per heavy atom. The van der Waals surface area contributed by atoms with Crippen molar-refractivity contribution in [1.29, 1.82) is 0 Å². The average Bonchev–Trinajstić information content (AvgIpc) is 3.24. The Labute approximate surface area is 200 Å². The van der Waals surface area contributed by atoms with E-state index >= 15 is 0 Å². The fraction of sp³-hybridized carbons (Fsp3) is 0.222. The van der Waals surface area contributed by atoms with E-state index in [4.69, 9.17) is 4.74 Å². The maximum atomic E-state index is 14.5. The summed E-state index contributed by atoms with van der Waals surface area (Å²) in [7, 11) is 0. The minimum Gasteiger partial charge on any atom is -0.410 e. The highest BCUT2D eigenvalue weighted by atomic mass is 19.2. The number of hydrogen-bond acceptors (Lipinski definition) is 2. The van der Waals surface area contributed by atoms with E-state index in [1.165, 1.54) is 30.0 Å². The molecule has 0 radical (unpaired) electrons. The Morgan fingerprint density at radius 2 is 1.66 bits per heavy atom. The van der Waals surface area contributed by atoms with Gasteiger partial charge in [-0.2, -0.15) is 0 Å². The predicted octanol–water partition coefficient (Wildman–Crippen LogP) is 7.06. The molecular formula is C27H24F4N2O2. The smallest absolute Gasteiger partial charge is 0.410 e. The molecule has 0 bridgehead atoms. The SMILES string of the molecule is CCN(CC)C(=O)Oc1ccc2c(ccn2Cc2ccc(C)c(F)c2F)c1-c1ccc(F)c(F)c1. The molecule has 35 heavy (non-hydrogen) atoms. The second-order valence-electron chi connectivity index (χ2n) is 8.15. The lowest BCUT2D eigenvalue weighted by Gasteiger charge is -2.20. The van der Waals surface area contributed by atoms with Crippen molar-refractivity contribution in [2.24, 2.45) is 0 Å². The topological polar surface area (TPSA) is 34.5 Å². The zero-order valence-corrected chi connectivity index (χ0v) is 19.5. The highest BCUT2D eigenvalue weighted by Gasteiger charge is 2.20. The van der Waals surface area contributed by atoms with E-state index in [1.54, 1.807) is 29.0 Å². The zero-order valence-electron chi connectivity index (χ0n) is 19.5. The van der Waals surface area contributed by atoms with Crippen molar-refractivity contribution in [3.63, 3.8) is 0 Å². The van der Waals surface area contributed by atoms with Gasteiger partial charge in [0.15, 0.2) is 23.3 Å². The van der Waals surface area contributed by atoms with E-state index in [-0.39, 0.29) is 23.4 Å². The maximum absolute atomic E-state index is 14.5. The van der Waals surface area contributed by atoms with Crippen molar-refractivity contribution in [2.45, 2.75) is 27.3 Å². The van der Waals surface area contributed by atoms with Crippen molar-refractivity contribution in [2.75, 3.05) is 13.1 Å². The molecule has 4 nitrogen and oxygen atoms in total. The van der Waals surface area contributed by atoms with Crippen LogP contribution in [0.25, 0.3) is 22.0 Å². The molecule has 0 aliphatic carbocycles. The number of fused-ring (bicyclic) bond motifs is 1. The molecule has 0 atom stereocenters. The summed E-state index contributed by atoms with van der Waals surface area (Å²) in [5.74, 6) is -3.69. The number of aromatic nitrogens is 1. The van der Waals surface area contributed by atoms with Crippen LogP contribution in [0.3, 0.4) is 0 Å². The molecule has 0 fully saturated rings. The van der Waals surface area contributed by atoms with Gasteiger partial charge in [0, 0.05) is 41.3 Å². The van der Waals surface area contributed by atoms with Crippen LogP contribution in [0, 0.1) is 30.2 Å². The van der Waals surface area contributed by atoms with E-state index in [9.17, 15) is 22.4 Å². The lowest BCUT2D eigenvalue weighted by atomic mass is 10.00. The van der Waals surface area contributed by atoms with Crippen LogP contribution >= 0.6 is 0 Å².